The molecule has 1 N–H and O–H groups in total. The first-order valence-electron chi connectivity index (χ1n) is 13.5. The fraction of sp³-hybridized carbons (Fsp3) is 0.344. The maximum atomic E-state index is 10.8. The first-order valence-corrected chi connectivity index (χ1v) is 13.5. The van der Waals surface area contributed by atoms with Gasteiger partial charge in [-0.3, -0.25) is 14.8 Å². The standard InChI is InChI=1S/C32H35N3O2/c36-26(23-37-31-14-5-13-30-29(31)12-6-17-33-30)22-34-18-7-19-35(21-20-34)32-27-10-3-1-8-24(27)15-16-25-9-2-4-11-28(25)32/h1-6,8-14,17,26,32,36H,7,15-16,18-23H2. The Hall–Kier alpha value is -3.25. The normalized spacial score (nSPS) is 18.0. The number of pyridine rings is 1. The largest absolute Gasteiger partial charge is 0.490 e. The summed E-state index contributed by atoms with van der Waals surface area (Å²) in [7, 11) is 0. The minimum Gasteiger partial charge on any atom is -0.490 e. The van der Waals surface area contributed by atoms with Crippen LogP contribution in [0.25, 0.3) is 10.9 Å². The molecular weight excluding hydrogens is 458 g/mol. The number of aliphatic hydroxyl groups excluding tert-OH is 1. The first kappa shape index (κ1) is 24.1. The number of fused-ring (bicyclic) bond motifs is 3. The molecule has 5 heteroatoms. The minimum absolute atomic E-state index is 0.275. The predicted molar refractivity (Wildman–Crippen MR) is 148 cm³/mol. The van der Waals surface area contributed by atoms with E-state index in [0.29, 0.717) is 12.6 Å². The molecule has 1 aliphatic carbocycles. The predicted octanol–water partition coefficient (Wildman–Crippen LogP) is 4.87. The molecule has 0 amide bonds. The van der Waals surface area contributed by atoms with Gasteiger partial charge in [-0.05, 0) is 72.3 Å². The number of benzene rings is 3. The number of aromatic nitrogens is 1. The molecule has 0 spiro atoms. The summed E-state index contributed by atoms with van der Waals surface area (Å²) in [6.45, 7) is 4.86. The highest BCUT2D eigenvalue weighted by Gasteiger charge is 2.30. The third kappa shape index (κ3) is 5.26. The Morgan fingerprint density at radius 3 is 2.35 bits per heavy atom. The zero-order valence-corrected chi connectivity index (χ0v) is 21.3. The molecule has 0 saturated carbocycles. The smallest absolute Gasteiger partial charge is 0.128 e. The Morgan fingerprint density at radius 1 is 0.811 bits per heavy atom. The number of aryl methyl sites for hydroxylation is 2. The molecule has 5 nitrogen and oxygen atoms in total. The van der Waals surface area contributed by atoms with E-state index in [0.717, 1.165) is 62.1 Å². The van der Waals surface area contributed by atoms with Crippen molar-refractivity contribution in [1.29, 1.82) is 0 Å². The Kier molecular flexibility index (Phi) is 7.18. The molecule has 190 valence electrons. The lowest BCUT2D eigenvalue weighted by atomic mass is 9.93. The van der Waals surface area contributed by atoms with Crippen LogP contribution in [0.5, 0.6) is 5.75 Å². The summed E-state index contributed by atoms with van der Waals surface area (Å²) in [4.78, 5) is 9.45. The third-order valence-corrected chi connectivity index (χ3v) is 7.86. The second-order valence-corrected chi connectivity index (χ2v) is 10.3. The zero-order valence-electron chi connectivity index (χ0n) is 21.3. The Balaban J connectivity index is 1.12. The van der Waals surface area contributed by atoms with Crippen LogP contribution in [0.2, 0.25) is 0 Å². The Bertz CT molecular complexity index is 1300. The molecule has 1 unspecified atom stereocenters. The molecule has 2 aliphatic rings. The number of aliphatic hydroxyl groups is 1. The second-order valence-electron chi connectivity index (χ2n) is 10.3. The highest BCUT2D eigenvalue weighted by Crippen LogP contribution is 2.37. The average Bonchev–Trinajstić information content (AvgIpc) is 3.26. The van der Waals surface area contributed by atoms with Crippen molar-refractivity contribution in [1.82, 2.24) is 14.8 Å². The number of β-amino-alcohol motifs (C(OH)–C–C–N with tert-alkyl or cyclic N) is 1. The monoisotopic (exact) mass is 493 g/mol. The average molecular weight is 494 g/mol. The van der Waals surface area contributed by atoms with Crippen molar-refractivity contribution in [2.24, 2.45) is 0 Å². The molecule has 1 aromatic heterocycles. The molecule has 3 aromatic carbocycles. The van der Waals surface area contributed by atoms with Gasteiger partial charge in [0.2, 0.25) is 0 Å². The van der Waals surface area contributed by atoms with Gasteiger partial charge in [-0.15, -0.1) is 0 Å². The van der Waals surface area contributed by atoms with Crippen LogP contribution in [0.3, 0.4) is 0 Å². The summed E-state index contributed by atoms with van der Waals surface area (Å²) < 4.78 is 6.04. The zero-order chi connectivity index (χ0) is 25.0. The lowest BCUT2D eigenvalue weighted by Gasteiger charge is -2.33. The fourth-order valence-electron chi connectivity index (χ4n) is 6.06. The van der Waals surface area contributed by atoms with Crippen molar-refractivity contribution in [3.63, 3.8) is 0 Å². The van der Waals surface area contributed by atoms with E-state index in [-0.39, 0.29) is 6.61 Å². The quantitative estimate of drug-likeness (QED) is 0.415. The number of nitrogens with zero attached hydrogens (tertiary/aromatic N) is 3. The number of hydrogen-bond acceptors (Lipinski definition) is 5. The highest BCUT2D eigenvalue weighted by atomic mass is 16.5. The van der Waals surface area contributed by atoms with Crippen LogP contribution in [0.4, 0.5) is 0 Å². The van der Waals surface area contributed by atoms with Gasteiger partial charge >= 0.3 is 0 Å². The van der Waals surface area contributed by atoms with E-state index in [9.17, 15) is 5.11 Å². The maximum Gasteiger partial charge on any atom is 0.128 e. The lowest BCUT2D eigenvalue weighted by molar-refractivity contribution is 0.0695. The summed E-state index contributed by atoms with van der Waals surface area (Å²) in [6, 6.07) is 28.1. The van der Waals surface area contributed by atoms with E-state index in [2.05, 4.69) is 63.3 Å². The second kappa shape index (κ2) is 11.0. The van der Waals surface area contributed by atoms with Crippen molar-refractivity contribution < 1.29 is 9.84 Å². The van der Waals surface area contributed by atoms with E-state index < -0.39 is 6.10 Å². The summed E-state index contributed by atoms with van der Waals surface area (Å²) in [5.41, 5.74) is 6.77. The van der Waals surface area contributed by atoms with Crippen LogP contribution >= 0.6 is 0 Å². The highest BCUT2D eigenvalue weighted by molar-refractivity contribution is 5.84. The molecule has 0 radical (unpaired) electrons. The molecule has 0 bridgehead atoms. The molecule has 1 saturated heterocycles. The van der Waals surface area contributed by atoms with Gasteiger partial charge < -0.3 is 9.84 Å². The maximum absolute atomic E-state index is 10.8. The molecule has 6 rings (SSSR count). The van der Waals surface area contributed by atoms with Crippen LogP contribution in [-0.2, 0) is 12.8 Å². The van der Waals surface area contributed by atoms with E-state index in [1.165, 1.54) is 22.3 Å². The van der Waals surface area contributed by atoms with Crippen molar-refractivity contribution in [2.75, 3.05) is 39.3 Å². The van der Waals surface area contributed by atoms with Crippen LogP contribution in [0, 0.1) is 0 Å². The molecule has 37 heavy (non-hydrogen) atoms. The van der Waals surface area contributed by atoms with Gasteiger partial charge in [0, 0.05) is 37.8 Å². The minimum atomic E-state index is -0.544. The van der Waals surface area contributed by atoms with Crippen LogP contribution in [0.1, 0.15) is 34.7 Å². The van der Waals surface area contributed by atoms with Crippen molar-refractivity contribution >= 4 is 10.9 Å². The summed E-state index contributed by atoms with van der Waals surface area (Å²) in [5, 5.41) is 11.8. The number of rotatable bonds is 6. The molecule has 1 aliphatic heterocycles. The van der Waals surface area contributed by atoms with Crippen LogP contribution in [-0.4, -0.2) is 65.3 Å². The number of ether oxygens (including phenoxy) is 1. The Labute approximate surface area is 219 Å². The summed E-state index contributed by atoms with van der Waals surface area (Å²) in [6.07, 6.45) is 4.53. The van der Waals surface area contributed by atoms with Gasteiger partial charge in [0.25, 0.3) is 0 Å². The first-order chi connectivity index (χ1) is 18.3. The summed E-state index contributed by atoms with van der Waals surface area (Å²) >= 11 is 0. The van der Waals surface area contributed by atoms with Gasteiger partial charge in [0.05, 0.1) is 11.6 Å². The van der Waals surface area contributed by atoms with Gasteiger partial charge in [-0.2, -0.15) is 0 Å². The van der Waals surface area contributed by atoms with Crippen LogP contribution in [0.15, 0.2) is 85.1 Å². The Morgan fingerprint density at radius 2 is 1.57 bits per heavy atom. The lowest BCUT2D eigenvalue weighted by Crippen LogP contribution is -2.39. The van der Waals surface area contributed by atoms with Gasteiger partial charge in [-0.25, -0.2) is 0 Å². The van der Waals surface area contributed by atoms with Crippen molar-refractivity contribution in [2.45, 2.75) is 31.4 Å². The van der Waals surface area contributed by atoms with E-state index in [1.807, 2.05) is 30.3 Å². The SMILES string of the molecule is OC(COc1cccc2ncccc12)CN1CCCN(C2c3ccccc3CCc3ccccc32)CC1. The van der Waals surface area contributed by atoms with E-state index >= 15 is 0 Å². The number of hydrogen-bond donors (Lipinski definition) is 1. The van der Waals surface area contributed by atoms with Gasteiger partial charge in [-0.1, -0.05) is 54.6 Å². The van der Waals surface area contributed by atoms with E-state index in [4.69, 9.17) is 4.74 Å². The van der Waals surface area contributed by atoms with E-state index in [1.54, 1.807) is 6.20 Å². The van der Waals surface area contributed by atoms with Gasteiger partial charge in [0.15, 0.2) is 0 Å². The topological polar surface area (TPSA) is 48.8 Å². The molecular formula is C32H35N3O2. The molecule has 1 atom stereocenters. The summed E-state index contributed by atoms with van der Waals surface area (Å²) in [5.74, 6) is 0.775. The van der Waals surface area contributed by atoms with Gasteiger partial charge in [0.1, 0.15) is 18.5 Å². The third-order valence-electron chi connectivity index (χ3n) is 7.86. The van der Waals surface area contributed by atoms with Crippen molar-refractivity contribution in [3.8, 4) is 5.75 Å². The molecule has 2 heterocycles. The van der Waals surface area contributed by atoms with Crippen molar-refractivity contribution in [3.05, 3.63) is 107 Å². The fourth-order valence-corrected chi connectivity index (χ4v) is 6.06. The molecule has 1 fully saturated rings. The molecule has 4 aromatic rings. The van der Waals surface area contributed by atoms with Crippen LogP contribution < -0.4 is 4.74 Å².